The minimum Gasteiger partial charge on any atom is -0.466 e. The summed E-state index contributed by atoms with van der Waals surface area (Å²) in [4.78, 5) is 11.8. The van der Waals surface area contributed by atoms with Crippen LogP contribution in [-0.2, 0) is 19.6 Å². The van der Waals surface area contributed by atoms with Crippen LogP contribution in [0.1, 0.15) is 11.6 Å². The first-order valence-electron chi connectivity index (χ1n) is 7.38. The Morgan fingerprint density at radius 1 is 1.26 bits per heavy atom. The van der Waals surface area contributed by atoms with Gasteiger partial charge in [0, 0.05) is 8.07 Å². The second-order valence-corrected chi connectivity index (χ2v) is 14.1. The molecule has 0 bridgehead atoms. The van der Waals surface area contributed by atoms with Gasteiger partial charge in [-0.3, -0.25) is 0 Å². The zero-order valence-corrected chi connectivity index (χ0v) is 15.9. The van der Waals surface area contributed by atoms with Gasteiger partial charge in [0.25, 0.3) is 0 Å². The molecule has 0 aromatic heterocycles. The lowest BCUT2D eigenvalue weighted by atomic mass is 10.0. The molecule has 0 unspecified atom stereocenters. The Morgan fingerprint density at radius 3 is 2.30 bits per heavy atom. The van der Waals surface area contributed by atoms with Crippen molar-refractivity contribution in [3.63, 3.8) is 0 Å². The molecule has 0 aliphatic rings. The lowest BCUT2D eigenvalue weighted by Gasteiger charge is -2.22. The number of sulfonamides is 1. The first-order valence-corrected chi connectivity index (χ1v) is 12.7. The Balaban J connectivity index is 3.02. The number of ether oxygens (including phenoxy) is 1. The van der Waals surface area contributed by atoms with Gasteiger partial charge in [0.1, 0.15) is 0 Å². The van der Waals surface area contributed by atoms with E-state index in [1.807, 2.05) is 6.07 Å². The molecular formula is C16H25NO4SSi. The molecular weight excluding hydrogens is 330 g/mol. The monoisotopic (exact) mass is 355 g/mol. The van der Waals surface area contributed by atoms with Gasteiger partial charge in [0.2, 0.25) is 10.0 Å². The molecule has 0 amide bonds. The quantitative estimate of drug-likeness (QED) is 0.442. The van der Waals surface area contributed by atoms with Crippen molar-refractivity contribution in [1.29, 1.82) is 0 Å². The molecule has 0 spiro atoms. The molecule has 128 valence electrons. The average Bonchev–Trinajstić information content (AvgIpc) is 2.49. The van der Waals surface area contributed by atoms with Crippen molar-refractivity contribution in [1.82, 2.24) is 4.72 Å². The second-order valence-electron chi connectivity index (χ2n) is 6.61. The molecule has 0 saturated carbocycles. The van der Waals surface area contributed by atoms with E-state index in [9.17, 15) is 13.2 Å². The number of methoxy groups -OCH3 is 1. The van der Waals surface area contributed by atoms with Gasteiger partial charge < -0.3 is 4.74 Å². The van der Waals surface area contributed by atoms with Crippen LogP contribution in [0.3, 0.4) is 0 Å². The maximum atomic E-state index is 12.4. The molecule has 0 heterocycles. The summed E-state index contributed by atoms with van der Waals surface area (Å²) in [5, 5.41) is 0. The Labute approximate surface area is 139 Å². The molecule has 1 N–H and O–H groups in total. The lowest BCUT2D eigenvalue weighted by molar-refractivity contribution is -0.136. The number of hydrogen-bond acceptors (Lipinski definition) is 4. The summed E-state index contributed by atoms with van der Waals surface area (Å²) >= 11 is 0. The highest BCUT2D eigenvalue weighted by molar-refractivity contribution is 7.89. The van der Waals surface area contributed by atoms with Crippen molar-refractivity contribution in [2.45, 2.75) is 31.7 Å². The number of esters is 1. The van der Waals surface area contributed by atoms with Crippen LogP contribution in [0.4, 0.5) is 0 Å². The molecule has 1 atom stereocenters. The van der Waals surface area contributed by atoms with E-state index in [4.69, 9.17) is 0 Å². The molecule has 7 heteroatoms. The highest BCUT2D eigenvalue weighted by atomic mass is 32.2. The fourth-order valence-electron chi connectivity index (χ4n) is 1.91. The molecule has 23 heavy (non-hydrogen) atoms. The molecule has 1 aromatic rings. The topological polar surface area (TPSA) is 72.5 Å². The third-order valence-corrected chi connectivity index (χ3v) is 6.80. The number of benzene rings is 1. The van der Waals surface area contributed by atoms with Gasteiger partial charge in [-0.1, -0.05) is 56.6 Å². The van der Waals surface area contributed by atoms with Gasteiger partial charge in [0.15, 0.2) is 0 Å². The van der Waals surface area contributed by atoms with Crippen molar-refractivity contribution < 1.29 is 17.9 Å². The molecule has 0 radical (unpaired) electrons. The van der Waals surface area contributed by atoms with E-state index in [-0.39, 0.29) is 11.3 Å². The highest BCUT2D eigenvalue weighted by Gasteiger charge is 2.27. The number of carbonyl (C=O) groups is 1. The molecule has 0 fully saturated rings. The van der Waals surface area contributed by atoms with Crippen LogP contribution in [-0.4, -0.2) is 35.3 Å². The SMILES string of the molecule is C=C(C(=O)OC)[C@@H](NS(=O)(=O)CC[Si](C)(C)C)c1ccccc1. The van der Waals surface area contributed by atoms with Gasteiger partial charge >= 0.3 is 5.97 Å². The largest absolute Gasteiger partial charge is 0.466 e. The zero-order chi connectivity index (χ0) is 17.7. The lowest BCUT2D eigenvalue weighted by Crippen LogP contribution is -2.35. The van der Waals surface area contributed by atoms with E-state index in [0.717, 1.165) is 0 Å². The van der Waals surface area contributed by atoms with E-state index < -0.39 is 30.1 Å². The maximum Gasteiger partial charge on any atom is 0.335 e. The Bertz CT molecular complexity index is 650. The average molecular weight is 356 g/mol. The van der Waals surface area contributed by atoms with E-state index in [2.05, 4.69) is 35.7 Å². The summed E-state index contributed by atoms with van der Waals surface area (Å²) in [6.45, 7) is 10.0. The number of rotatable bonds is 8. The standard InChI is InChI=1S/C16H25NO4SSi/c1-13(16(18)21-2)15(14-9-7-6-8-10-14)17-22(19,20)11-12-23(3,4)5/h6-10,15,17H,1,11-12H2,2-5H3/t15-/m1/s1. The van der Waals surface area contributed by atoms with E-state index >= 15 is 0 Å². The fraction of sp³-hybridized carbons (Fsp3) is 0.438. The number of nitrogens with one attached hydrogen (secondary N) is 1. The summed E-state index contributed by atoms with van der Waals surface area (Å²) in [6, 6.07) is 8.71. The smallest absolute Gasteiger partial charge is 0.335 e. The molecule has 5 nitrogen and oxygen atoms in total. The minimum atomic E-state index is -3.53. The van der Waals surface area contributed by atoms with Gasteiger partial charge in [-0.25, -0.2) is 17.9 Å². The van der Waals surface area contributed by atoms with Gasteiger partial charge in [0.05, 0.1) is 24.5 Å². The first kappa shape index (κ1) is 19.6. The van der Waals surface area contributed by atoms with Crippen LogP contribution in [0.15, 0.2) is 42.5 Å². The van der Waals surface area contributed by atoms with E-state index in [0.29, 0.717) is 11.6 Å². The van der Waals surface area contributed by atoms with Gasteiger partial charge in [-0.15, -0.1) is 0 Å². The molecule has 0 saturated heterocycles. The predicted octanol–water partition coefficient (Wildman–Crippen LogP) is 2.71. The van der Waals surface area contributed by atoms with Crippen LogP contribution in [0.2, 0.25) is 25.7 Å². The summed E-state index contributed by atoms with van der Waals surface area (Å²) in [6.07, 6.45) is 0. The van der Waals surface area contributed by atoms with E-state index in [1.54, 1.807) is 24.3 Å². The van der Waals surface area contributed by atoms with Crippen molar-refractivity contribution in [2.24, 2.45) is 0 Å². The molecule has 1 rings (SSSR count). The van der Waals surface area contributed by atoms with Crippen molar-refractivity contribution in [3.8, 4) is 0 Å². The van der Waals surface area contributed by atoms with E-state index in [1.165, 1.54) is 7.11 Å². The highest BCUT2D eigenvalue weighted by Crippen LogP contribution is 2.23. The summed E-state index contributed by atoms with van der Waals surface area (Å²) in [7, 11) is -3.77. The third kappa shape index (κ3) is 6.68. The van der Waals surface area contributed by atoms with Crippen molar-refractivity contribution in [2.75, 3.05) is 12.9 Å². The number of carbonyl (C=O) groups excluding carboxylic acids is 1. The molecule has 0 aliphatic heterocycles. The van der Waals surface area contributed by atoms with Gasteiger partial charge in [-0.2, -0.15) is 0 Å². The fourth-order valence-corrected chi connectivity index (χ4v) is 6.19. The van der Waals surface area contributed by atoms with Crippen LogP contribution in [0, 0.1) is 0 Å². The van der Waals surface area contributed by atoms with Gasteiger partial charge in [-0.05, 0) is 11.6 Å². The summed E-state index contributed by atoms with van der Waals surface area (Å²) in [5.74, 6) is -0.590. The normalized spacial score (nSPS) is 13.4. The van der Waals surface area contributed by atoms with Crippen LogP contribution < -0.4 is 4.72 Å². The Hall–Kier alpha value is -1.44. The third-order valence-electron chi connectivity index (χ3n) is 3.35. The summed E-state index contributed by atoms with van der Waals surface area (Å²) in [5.41, 5.74) is 0.717. The second kappa shape index (κ2) is 7.90. The number of hydrogen-bond donors (Lipinski definition) is 1. The first-order chi connectivity index (χ1) is 10.6. The van der Waals surface area contributed by atoms with Crippen molar-refractivity contribution in [3.05, 3.63) is 48.0 Å². The molecule has 1 aromatic carbocycles. The minimum absolute atomic E-state index is 0.0422. The van der Waals surface area contributed by atoms with Crippen LogP contribution in [0.25, 0.3) is 0 Å². The zero-order valence-electron chi connectivity index (χ0n) is 14.1. The Morgan fingerprint density at radius 2 is 1.83 bits per heavy atom. The van der Waals surface area contributed by atoms with Crippen LogP contribution >= 0.6 is 0 Å². The van der Waals surface area contributed by atoms with Crippen LogP contribution in [0.5, 0.6) is 0 Å². The van der Waals surface area contributed by atoms with Crippen molar-refractivity contribution >= 4 is 24.1 Å². The predicted molar refractivity (Wildman–Crippen MR) is 95.4 cm³/mol. The molecule has 0 aliphatic carbocycles. The maximum absolute atomic E-state index is 12.4. The summed E-state index contributed by atoms with van der Waals surface area (Å²) < 4.78 is 32.1. The Kier molecular flexibility index (Phi) is 6.73.